The molecular weight excluding hydrogens is 262 g/mol. The molecular formula is C17H29N3O. The van der Waals surface area contributed by atoms with Crippen LogP contribution in [0.2, 0.25) is 0 Å². The number of carbonyl (C=O) groups excluding carboxylic acids is 1. The normalized spacial score (nSPS) is 11.0. The Balaban J connectivity index is 3.27. The third kappa shape index (κ3) is 4.96. The maximum atomic E-state index is 12.4. The van der Waals surface area contributed by atoms with Crippen LogP contribution < -0.4 is 10.6 Å². The van der Waals surface area contributed by atoms with Gasteiger partial charge < -0.3 is 15.5 Å². The SMILES string of the molecule is CC(C)CN(CC(C)C)c1cc(N)ccc1C(=O)N(C)C. The summed E-state index contributed by atoms with van der Waals surface area (Å²) in [5, 5.41) is 0. The van der Waals surface area contributed by atoms with Gasteiger partial charge in [0, 0.05) is 32.9 Å². The third-order valence-corrected chi connectivity index (χ3v) is 3.17. The minimum atomic E-state index is 0.0162. The highest BCUT2D eigenvalue weighted by atomic mass is 16.2. The zero-order valence-corrected chi connectivity index (χ0v) is 14.2. The number of hydrogen-bond donors (Lipinski definition) is 1. The lowest BCUT2D eigenvalue weighted by molar-refractivity contribution is 0.0828. The van der Waals surface area contributed by atoms with Gasteiger partial charge in [0.2, 0.25) is 0 Å². The Morgan fingerprint density at radius 3 is 2.05 bits per heavy atom. The molecule has 0 atom stereocenters. The van der Waals surface area contributed by atoms with Crippen LogP contribution in [-0.4, -0.2) is 38.0 Å². The molecule has 0 fully saturated rings. The molecule has 0 saturated carbocycles. The molecule has 0 radical (unpaired) electrons. The van der Waals surface area contributed by atoms with Crippen molar-refractivity contribution < 1.29 is 4.79 Å². The van der Waals surface area contributed by atoms with Crippen LogP contribution in [0.3, 0.4) is 0 Å². The van der Waals surface area contributed by atoms with Crippen LogP contribution in [0, 0.1) is 11.8 Å². The van der Waals surface area contributed by atoms with Gasteiger partial charge >= 0.3 is 0 Å². The highest BCUT2D eigenvalue weighted by Crippen LogP contribution is 2.26. The average Bonchev–Trinajstić information content (AvgIpc) is 2.35. The number of hydrogen-bond acceptors (Lipinski definition) is 3. The van der Waals surface area contributed by atoms with Crippen LogP contribution in [-0.2, 0) is 0 Å². The fourth-order valence-corrected chi connectivity index (χ4v) is 2.38. The number of carbonyl (C=O) groups is 1. The molecule has 2 N–H and O–H groups in total. The number of anilines is 2. The van der Waals surface area contributed by atoms with Crippen LogP contribution in [0.4, 0.5) is 11.4 Å². The number of benzene rings is 1. The second kappa shape index (κ2) is 7.34. The standard InChI is InChI=1S/C17H29N3O/c1-12(2)10-20(11-13(3)4)16-9-14(18)7-8-15(16)17(21)19(5)6/h7-9,12-13H,10-11,18H2,1-6H3. The van der Waals surface area contributed by atoms with Crippen molar-refractivity contribution in [2.45, 2.75) is 27.7 Å². The van der Waals surface area contributed by atoms with E-state index in [0.29, 0.717) is 17.5 Å². The Hall–Kier alpha value is -1.71. The first-order chi connectivity index (χ1) is 9.72. The van der Waals surface area contributed by atoms with Gasteiger partial charge in [-0.15, -0.1) is 0 Å². The number of nitrogens with zero attached hydrogens (tertiary/aromatic N) is 2. The number of nitrogens with two attached hydrogens (primary N) is 1. The van der Waals surface area contributed by atoms with Gasteiger partial charge in [-0.05, 0) is 30.0 Å². The largest absolute Gasteiger partial charge is 0.399 e. The van der Waals surface area contributed by atoms with Crippen molar-refractivity contribution in [3.63, 3.8) is 0 Å². The third-order valence-electron chi connectivity index (χ3n) is 3.17. The van der Waals surface area contributed by atoms with E-state index in [-0.39, 0.29) is 5.91 Å². The van der Waals surface area contributed by atoms with E-state index < -0.39 is 0 Å². The molecule has 21 heavy (non-hydrogen) atoms. The summed E-state index contributed by atoms with van der Waals surface area (Å²) in [5.74, 6) is 1.06. The van der Waals surface area contributed by atoms with E-state index in [2.05, 4.69) is 32.6 Å². The van der Waals surface area contributed by atoms with Gasteiger partial charge in [0.25, 0.3) is 5.91 Å². The lowest BCUT2D eigenvalue weighted by Gasteiger charge is -2.31. The van der Waals surface area contributed by atoms with E-state index in [1.54, 1.807) is 25.1 Å². The van der Waals surface area contributed by atoms with E-state index in [1.165, 1.54) is 0 Å². The van der Waals surface area contributed by atoms with Crippen molar-refractivity contribution >= 4 is 17.3 Å². The van der Waals surface area contributed by atoms with E-state index >= 15 is 0 Å². The molecule has 0 saturated heterocycles. The molecule has 0 aromatic heterocycles. The summed E-state index contributed by atoms with van der Waals surface area (Å²) in [6.45, 7) is 10.6. The average molecular weight is 291 g/mol. The van der Waals surface area contributed by atoms with Crippen LogP contribution in [0.5, 0.6) is 0 Å². The number of amides is 1. The van der Waals surface area contributed by atoms with Crippen molar-refractivity contribution in [1.29, 1.82) is 0 Å². The zero-order valence-electron chi connectivity index (χ0n) is 14.2. The van der Waals surface area contributed by atoms with Crippen molar-refractivity contribution in [1.82, 2.24) is 4.90 Å². The van der Waals surface area contributed by atoms with Gasteiger partial charge in [0.1, 0.15) is 0 Å². The predicted molar refractivity (Wildman–Crippen MR) is 90.8 cm³/mol. The van der Waals surface area contributed by atoms with E-state index in [1.807, 2.05) is 12.1 Å². The maximum Gasteiger partial charge on any atom is 0.255 e. The lowest BCUT2D eigenvalue weighted by atomic mass is 10.1. The Bertz CT molecular complexity index is 471. The molecule has 1 aromatic rings. The topological polar surface area (TPSA) is 49.6 Å². The molecule has 0 aliphatic heterocycles. The molecule has 0 heterocycles. The molecule has 4 heteroatoms. The van der Waals surface area contributed by atoms with Gasteiger partial charge in [-0.3, -0.25) is 4.79 Å². The summed E-state index contributed by atoms with van der Waals surface area (Å²) < 4.78 is 0. The van der Waals surface area contributed by atoms with Crippen molar-refractivity contribution in [2.75, 3.05) is 37.8 Å². The van der Waals surface area contributed by atoms with E-state index in [9.17, 15) is 4.79 Å². The smallest absolute Gasteiger partial charge is 0.255 e. The fraction of sp³-hybridized carbons (Fsp3) is 0.588. The molecule has 1 rings (SSSR count). The number of nitrogen functional groups attached to an aromatic ring is 1. The monoisotopic (exact) mass is 291 g/mol. The van der Waals surface area contributed by atoms with Crippen molar-refractivity contribution in [3.05, 3.63) is 23.8 Å². The molecule has 0 bridgehead atoms. The van der Waals surface area contributed by atoms with Crippen molar-refractivity contribution in [3.8, 4) is 0 Å². The Morgan fingerprint density at radius 2 is 1.62 bits per heavy atom. The van der Waals surface area contributed by atoms with Crippen molar-refractivity contribution in [2.24, 2.45) is 11.8 Å². The summed E-state index contributed by atoms with van der Waals surface area (Å²) >= 11 is 0. The molecule has 118 valence electrons. The van der Waals surface area contributed by atoms with E-state index in [4.69, 9.17) is 5.73 Å². The summed E-state index contributed by atoms with van der Waals surface area (Å²) in [6, 6.07) is 5.55. The molecule has 0 spiro atoms. The second-order valence-corrected chi connectivity index (χ2v) is 6.67. The lowest BCUT2D eigenvalue weighted by Crippen LogP contribution is -2.34. The summed E-state index contributed by atoms with van der Waals surface area (Å²) in [4.78, 5) is 16.3. The predicted octanol–water partition coefficient (Wildman–Crippen LogP) is 3.09. The maximum absolute atomic E-state index is 12.4. The molecule has 0 aliphatic carbocycles. The Morgan fingerprint density at radius 1 is 1.10 bits per heavy atom. The number of rotatable bonds is 6. The van der Waals surface area contributed by atoms with Gasteiger partial charge in [0.15, 0.2) is 0 Å². The molecule has 0 aliphatic rings. The van der Waals surface area contributed by atoms with Gasteiger partial charge in [-0.25, -0.2) is 0 Å². The Labute approximate surface area is 128 Å². The van der Waals surface area contributed by atoms with Crippen LogP contribution in [0.15, 0.2) is 18.2 Å². The summed E-state index contributed by atoms with van der Waals surface area (Å²) in [7, 11) is 3.55. The quantitative estimate of drug-likeness (QED) is 0.819. The summed E-state index contributed by atoms with van der Waals surface area (Å²) in [6.07, 6.45) is 0. The fourth-order valence-electron chi connectivity index (χ4n) is 2.38. The molecule has 1 amide bonds. The summed E-state index contributed by atoms with van der Waals surface area (Å²) in [5.41, 5.74) is 8.30. The van der Waals surface area contributed by atoms with Gasteiger partial charge in [0.05, 0.1) is 11.3 Å². The minimum Gasteiger partial charge on any atom is -0.399 e. The first-order valence-electron chi connectivity index (χ1n) is 7.58. The van der Waals surface area contributed by atoms with E-state index in [0.717, 1.165) is 24.3 Å². The van der Waals surface area contributed by atoms with Crippen LogP contribution in [0.25, 0.3) is 0 Å². The first kappa shape index (κ1) is 17.3. The van der Waals surface area contributed by atoms with Crippen LogP contribution in [0.1, 0.15) is 38.1 Å². The molecule has 0 unspecified atom stereocenters. The molecule has 1 aromatic carbocycles. The molecule has 4 nitrogen and oxygen atoms in total. The Kier molecular flexibility index (Phi) is 6.06. The highest BCUT2D eigenvalue weighted by Gasteiger charge is 2.19. The minimum absolute atomic E-state index is 0.0162. The highest BCUT2D eigenvalue weighted by molar-refractivity contribution is 6.00. The van der Waals surface area contributed by atoms with Gasteiger partial charge in [-0.1, -0.05) is 27.7 Å². The van der Waals surface area contributed by atoms with Gasteiger partial charge in [-0.2, -0.15) is 0 Å². The first-order valence-corrected chi connectivity index (χ1v) is 7.58. The second-order valence-electron chi connectivity index (χ2n) is 6.67. The van der Waals surface area contributed by atoms with Crippen LogP contribution >= 0.6 is 0 Å². The zero-order chi connectivity index (χ0) is 16.2.